The van der Waals surface area contributed by atoms with Crippen LogP contribution in [-0.2, 0) is 0 Å². The van der Waals surface area contributed by atoms with Gasteiger partial charge in [-0.3, -0.25) is 14.9 Å². The molecular formula is C18H20ClN5O4. The van der Waals surface area contributed by atoms with Crippen molar-refractivity contribution in [3.63, 3.8) is 0 Å². The Morgan fingerprint density at radius 3 is 2.82 bits per heavy atom. The average molecular weight is 406 g/mol. The zero-order valence-corrected chi connectivity index (χ0v) is 16.3. The van der Waals surface area contributed by atoms with Crippen LogP contribution in [0.3, 0.4) is 0 Å². The first kappa shape index (κ1) is 19.8. The standard InChI is InChI=1S/C18H20ClN5O4/c1-22(2)16-17(21-8-7-20-16)28-13-4-3-9-23(11-13)18(25)14-10-12(24(26)27)5-6-15(14)19/h5-8,10,13H,3-4,9,11H2,1-2H3. The molecule has 2 aromatic rings. The van der Waals surface area contributed by atoms with Crippen molar-refractivity contribution in [1.29, 1.82) is 0 Å². The van der Waals surface area contributed by atoms with E-state index in [0.717, 1.165) is 12.8 Å². The van der Waals surface area contributed by atoms with E-state index in [0.29, 0.717) is 24.8 Å². The number of hydrogen-bond acceptors (Lipinski definition) is 7. The van der Waals surface area contributed by atoms with Gasteiger partial charge in [0.05, 0.1) is 22.1 Å². The molecule has 0 N–H and O–H groups in total. The van der Waals surface area contributed by atoms with E-state index >= 15 is 0 Å². The summed E-state index contributed by atoms with van der Waals surface area (Å²) in [5.74, 6) is 0.654. The van der Waals surface area contributed by atoms with Crippen molar-refractivity contribution in [3.8, 4) is 5.88 Å². The van der Waals surface area contributed by atoms with E-state index in [-0.39, 0.29) is 28.3 Å². The van der Waals surface area contributed by atoms with Gasteiger partial charge in [0.15, 0.2) is 5.82 Å². The fourth-order valence-electron chi connectivity index (χ4n) is 3.05. The Kier molecular flexibility index (Phi) is 5.93. The average Bonchev–Trinajstić information content (AvgIpc) is 2.68. The molecule has 1 atom stereocenters. The van der Waals surface area contributed by atoms with Crippen LogP contribution >= 0.6 is 11.6 Å². The van der Waals surface area contributed by atoms with Crippen LogP contribution in [-0.4, -0.2) is 59.0 Å². The molecule has 0 radical (unpaired) electrons. The molecule has 3 rings (SSSR count). The number of ether oxygens (including phenoxy) is 1. The monoisotopic (exact) mass is 405 g/mol. The number of carbonyl (C=O) groups is 1. The largest absolute Gasteiger partial charge is 0.470 e. The van der Waals surface area contributed by atoms with E-state index in [1.165, 1.54) is 18.2 Å². The van der Waals surface area contributed by atoms with Crippen LogP contribution in [0.5, 0.6) is 5.88 Å². The Morgan fingerprint density at radius 1 is 1.36 bits per heavy atom. The Labute approximate surface area is 167 Å². The predicted octanol–water partition coefficient (Wildman–Crippen LogP) is 2.79. The fourth-order valence-corrected chi connectivity index (χ4v) is 3.24. The molecule has 1 aliphatic rings. The molecule has 1 aliphatic heterocycles. The molecular weight excluding hydrogens is 386 g/mol. The second kappa shape index (κ2) is 8.39. The molecule has 2 heterocycles. The van der Waals surface area contributed by atoms with Crippen molar-refractivity contribution in [2.24, 2.45) is 0 Å². The summed E-state index contributed by atoms with van der Waals surface area (Å²) in [7, 11) is 3.69. The smallest absolute Gasteiger partial charge is 0.270 e. The van der Waals surface area contributed by atoms with Gasteiger partial charge in [0.2, 0.25) is 0 Å². The van der Waals surface area contributed by atoms with Crippen molar-refractivity contribution in [2.75, 3.05) is 32.1 Å². The van der Waals surface area contributed by atoms with E-state index in [4.69, 9.17) is 16.3 Å². The van der Waals surface area contributed by atoms with Gasteiger partial charge in [0.1, 0.15) is 6.10 Å². The van der Waals surface area contributed by atoms with Crippen molar-refractivity contribution in [2.45, 2.75) is 18.9 Å². The highest BCUT2D eigenvalue weighted by Gasteiger charge is 2.28. The quantitative estimate of drug-likeness (QED) is 0.556. The predicted molar refractivity (Wildman–Crippen MR) is 104 cm³/mol. The number of carbonyl (C=O) groups excluding carboxylic acids is 1. The van der Waals surface area contributed by atoms with Crippen LogP contribution < -0.4 is 9.64 Å². The number of non-ortho nitro benzene ring substituents is 1. The molecule has 1 aromatic carbocycles. The van der Waals surface area contributed by atoms with Gasteiger partial charge in [-0.25, -0.2) is 9.97 Å². The number of hydrogen-bond donors (Lipinski definition) is 0. The molecule has 10 heteroatoms. The normalized spacial score (nSPS) is 16.5. The number of halogens is 1. The van der Waals surface area contributed by atoms with E-state index < -0.39 is 4.92 Å². The molecule has 1 unspecified atom stereocenters. The van der Waals surface area contributed by atoms with Gasteiger partial charge < -0.3 is 14.5 Å². The molecule has 1 fully saturated rings. The lowest BCUT2D eigenvalue weighted by molar-refractivity contribution is -0.384. The number of rotatable bonds is 5. The number of amides is 1. The molecule has 1 amide bonds. The Balaban J connectivity index is 1.76. The molecule has 0 bridgehead atoms. The number of piperidine rings is 1. The van der Waals surface area contributed by atoms with Gasteiger partial charge in [-0.2, -0.15) is 0 Å². The lowest BCUT2D eigenvalue weighted by atomic mass is 10.1. The zero-order chi connectivity index (χ0) is 20.3. The minimum absolute atomic E-state index is 0.116. The van der Waals surface area contributed by atoms with Crippen LogP contribution in [0.4, 0.5) is 11.5 Å². The molecule has 148 valence electrons. The highest BCUT2D eigenvalue weighted by Crippen LogP contribution is 2.27. The fraction of sp³-hybridized carbons (Fsp3) is 0.389. The lowest BCUT2D eigenvalue weighted by Crippen LogP contribution is -2.44. The van der Waals surface area contributed by atoms with Crippen LogP contribution in [0.1, 0.15) is 23.2 Å². The summed E-state index contributed by atoms with van der Waals surface area (Å²) in [6.07, 6.45) is 4.38. The Bertz CT molecular complexity index is 892. The minimum atomic E-state index is -0.550. The second-order valence-corrected chi connectivity index (χ2v) is 7.04. The van der Waals surface area contributed by atoms with Crippen molar-refractivity contribution < 1.29 is 14.5 Å². The molecule has 1 aromatic heterocycles. The van der Waals surface area contributed by atoms with Crippen LogP contribution in [0.2, 0.25) is 5.02 Å². The highest BCUT2D eigenvalue weighted by atomic mass is 35.5. The molecule has 0 saturated carbocycles. The maximum atomic E-state index is 12.9. The number of nitro benzene ring substituents is 1. The number of benzene rings is 1. The minimum Gasteiger partial charge on any atom is -0.470 e. The number of aromatic nitrogens is 2. The van der Waals surface area contributed by atoms with Crippen molar-refractivity contribution >= 4 is 29.0 Å². The maximum Gasteiger partial charge on any atom is 0.270 e. The molecule has 1 saturated heterocycles. The van der Waals surface area contributed by atoms with Gasteiger partial charge in [0.25, 0.3) is 17.5 Å². The zero-order valence-electron chi connectivity index (χ0n) is 15.5. The number of anilines is 1. The summed E-state index contributed by atoms with van der Waals surface area (Å²) in [6, 6.07) is 3.85. The van der Waals surface area contributed by atoms with Crippen molar-refractivity contribution in [1.82, 2.24) is 14.9 Å². The Hall–Kier alpha value is -2.94. The van der Waals surface area contributed by atoms with Gasteiger partial charge in [0, 0.05) is 45.2 Å². The number of likely N-dealkylation sites (tertiary alicyclic amines) is 1. The highest BCUT2D eigenvalue weighted by molar-refractivity contribution is 6.33. The summed E-state index contributed by atoms with van der Waals surface area (Å²) < 4.78 is 6.01. The Morgan fingerprint density at radius 2 is 2.11 bits per heavy atom. The molecule has 28 heavy (non-hydrogen) atoms. The summed E-state index contributed by atoms with van der Waals surface area (Å²) in [5, 5.41) is 11.2. The first-order chi connectivity index (χ1) is 13.4. The summed E-state index contributed by atoms with van der Waals surface area (Å²) >= 11 is 6.11. The van der Waals surface area contributed by atoms with Gasteiger partial charge >= 0.3 is 0 Å². The van der Waals surface area contributed by atoms with Crippen LogP contribution in [0, 0.1) is 10.1 Å². The van der Waals surface area contributed by atoms with E-state index in [1.54, 1.807) is 22.2 Å². The third-order valence-corrected chi connectivity index (χ3v) is 4.73. The third kappa shape index (κ3) is 4.30. The molecule has 9 nitrogen and oxygen atoms in total. The topological polar surface area (TPSA) is 102 Å². The summed E-state index contributed by atoms with van der Waals surface area (Å²) in [5.41, 5.74) is -0.0576. The van der Waals surface area contributed by atoms with Gasteiger partial charge in [-0.15, -0.1) is 0 Å². The summed E-state index contributed by atoms with van der Waals surface area (Å²) in [6.45, 7) is 0.861. The van der Waals surface area contributed by atoms with Crippen molar-refractivity contribution in [3.05, 3.63) is 51.3 Å². The number of nitrogens with zero attached hydrogens (tertiary/aromatic N) is 5. The van der Waals surface area contributed by atoms with E-state index in [9.17, 15) is 14.9 Å². The molecule has 0 spiro atoms. The van der Waals surface area contributed by atoms with E-state index in [2.05, 4.69) is 9.97 Å². The number of nitro groups is 1. The lowest BCUT2D eigenvalue weighted by Gasteiger charge is -2.33. The van der Waals surface area contributed by atoms with Gasteiger partial charge in [-0.1, -0.05) is 11.6 Å². The van der Waals surface area contributed by atoms with Crippen LogP contribution in [0.25, 0.3) is 0 Å². The second-order valence-electron chi connectivity index (χ2n) is 6.63. The first-order valence-corrected chi connectivity index (χ1v) is 9.13. The molecule has 0 aliphatic carbocycles. The third-order valence-electron chi connectivity index (χ3n) is 4.41. The van der Waals surface area contributed by atoms with Crippen LogP contribution in [0.15, 0.2) is 30.6 Å². The first-order valence-electron chi connectivity index (χ1n) is 8.75. The van der Waals surface area contributed by atoms with E-state index in [1.807, 2.05) is 14.1 Å². The van der Waals surface area contributed by atoms with Gasteiger partial charge in [-0.05, 0) is 18.9 Å². The SMILES string of the molecule is CN(C)c1nccnc1OC1CCCN(C(=O)c2cc([N+](=O)[O-])ccc2Cl)C1. The summed E-state index contributed by atoms with van der Waals surface area (Å²) in [4.78, 5) is 35.3. The maximum absolute atomic E-state index is 12.9.